The van der Waals surface area contributed by atoms with Gasteiger partial charge in [0.25, 0.3) is 10.1 Å². The molecule has 0 aromatic heterocycles. The molecule has 60 heavy (non-hydrogen) atoms. The number of hydrogen-bond donors (Lipinski definition) is 9. The Morgan fingerprint density at radius 2 is 0.867 bits per heavy atom. The van der Waals surface area contributed by atoms with Gasteiger partial charge in [0.1, 0.15) is 4.90 Å². The first kappa shape index (κ1) is 38.9. The monoisotopic (exact) mass is 816 g/mol. The minimum absolute atomic E-state index is 0.134. The van der Waals surface area contributed by atoms with Crippen LogP contribution in [0.15, 0.2) is 201 Å². The normalized spacial score (nSPS) is 16.5. The number of aliphatic imine (C=N–C) groups is 4. The highest BCUT2D eigenvalue weighted by atomic mass is 32.2. The fraction of sp³-hybridized carbons (Fsp3) is 0.0455. The summed E-state index contributed by atoms with van der Waals surface area (Å²) < 4.78 is 36.8. The van der Waals surface area contributed by atoms with Crippen LogP contribution in [-0.2, 0) is 10.1 Å². The Labute approximate surface area is 347 Å². The van der Waals surface area contributed by atoms with Gasteiger partial charge in [0, 0.05) is 33.9 Å². The number of rotatable bonds is 11. The maximum atomic E-state index is 13.1. The molecule has 2 heterocycles. The highest BCUT2D eigenvalue weighted by molar-refractivity contribution is 7.86. The number of guanidine groups is 4. The third-order valence-electron chi connectivity index (χ3n) is 8.93. The summed E-state index contributed by atoms with van der Waals surface area (Å²) in [4.78, 5) is 18.8. The molecule has 15 nitrogen and oxygen atoms in total. The largest absolute Gasteiger partial charge is 0.347 e. The highest BCUT2D eigenvalue weighted by Crippen LogP contribution is 2.29. The predicted octanol–water partition coefficient (Wildman–Crippen LogP) is 6.58. The molecule has 2 atom stereocenters. The van der Waals surface area contributed by atoms with Crippen LogP contribution in [0.5, 0.6) is 0 Å². The van der Waals surface area contributed by atoms with Crippen molar-refractivity contribution in [2.24, 2.45) is 20.0 Å². The number of benzene rings is 6. The molecule has 0 spiro atoms. The SMILES string of the molecule is O=S(=O)(O)c1ccccc1C(NC1=NC(Nc2ccccc2)=NC(Nc2ccccc2)N1)=C(NC1=NC(Nc2ccccc2)=NC(Nc2ccccc2)N1)c1ccccc1. The lowest BCUT2D eigenvalue weighted by Gasteiger charge is -2.29. The zero-order valence-electron chi connectivity index (χ0n) is 31.9. The molecule has 2 aliphatic heterocycles. The molecule has 2 aliphatic rings. The van der Waals surface area contributed by atoms with Gasteiger partial charge in [0.05, 0.1) is 11.4 Å². The van der Waals surface area contributed by atoms with Crippen molar-refractivity contribution in [1.29, 1.82) is 0 Å². The third-order valence-corrected chi connectivity index (χ3v) is 9.84. The van der Waals surface area contributed by atoms with E-state index in [-0.39, 0.29) is 40.0 Å². The molecule has 0 radical (unpaired) electrons. The fourth-order valence-electron chi connectivity index (χ4n) is 6.26. The van der Waals surface area contributed by atoms with E-state index in [2.05, 4.69) is 42.5 Å². The van der Waals surface area contributed by atoms with Crippen LogP contribution in [0.1, 0.15) is 11.1 Å². The first-order valence-electron chi connectivity index (χ1n) is 18.9. The molecule has 0 saturated heterocycles. The highest BCUT2D eigenvalue weighted by Gasteiger charge is 2.27. The van der Waals surface area contributed by atoms with Gasteiger partial charge in [-0.1, -0.05) is 121 Å². The Morgan fingerprint density at radius 1 is 0.483 bits per heavy atom. The smallest absolute Gasteiger partial charge is 0.295 e. The summed E-state index contributed by atoms with van der Waals surface area (Å²) in [5.41, 5.74) is 4.48. The van der Waals surface area contributed by atoms with E-state index < -0.39 is 22.7 Å². The van der Waals surface area contributed by atoms with Gasteiger partial charge in [0.15, 0.2) is 12.6 Å². The summed E-state index contributed by atoms with van der Waals surface area (Å²) in [6.45, 7) is 0. The van der Waals surface area contributed by atoms with E-state index in [4.69, 9.17) is 20.0 Å². The van der Waals surface area contributed by atoms with Crippen LogP contribution in [0.3, 0.4) is 0 Å². The molecule has 0 fully saturated rings. The Hall–Kier alpha value is -7.95. The summed E-state index contributed by atoms with van der Waals surface area (Å²) >= 11 is 0. The number of para-hydroxylation sites is 4. The molecule has 300 valence electrons. The molecule has 0 amide bonds. The second-order valence-corrected chi connectivity index (χ2v) is 14.6. The Morgan fingerprint density at radius 3 is 1.32 bits per heavy atom. The summed E-state index contributed by atoms with van der Waals surface area (Å²) in [5, 5.41) is 26.8. The van der Waals surface area contributed by atoms with Crippen molar-refractivity contribution in [3.05, 3.63) is 187 Å². The Bertz CT molecular complexity index is 2680. The van der Waals surface area contributed by atoms with Crippen LogP contribution in [0.25, 0.3) is 11.4 Å². The quantitative estimate of drug-likeness (QED) is 0.0505. The third kappa shape index (κ3) is 10.1. The molecule has 2 unspecified atom stereocenters. The lowest BCUT2D eigenvalue weighted by atomic mass is 10.0. The van der Waals surface area contributed by atoms with Gasteiger partial charge in [-0.3, -0.25) is 4.55 Å². The van der Waals surface area contributed by atoms with E-state index in [1.165, 1.54) is 12.1 Å². The number of anilines is 4. The first-order valence-corrected chi connectivity index (χ1v) is 20.3. The Kier molecular flexibility index (Phi) is 11.7. The average molecular weight is 817 g/mol. The number of nitrogens with zero attached hydrogens (tertiary/aromatic N) is 4. The van der Waals surface area contributed by atoms with Crippen molar-refractivity contribution >= 4 is 68.1 Å². The minimum atomic E-state index is -4.75. The first-order chi connectivity index (χ1) is 29.3. The summed E-state index contributed by atoms with van der Waals surface area (Å²) in [5.74, 6) is 1.00. The topological polar surface area (TPSA) is 200 Å². The lowest BCUT2D eigenvalue weighted by molar-refractivity contribution is 0.483. The maximum Gasteiger partial charge on any atom is 0.295 e. The van der Waals surface area contributed by atoms with Crippen molar-refractivity contribution in [2.45, 2.75) is 17.5 Å². The number of nitrogens with one attached hydrogen (secondary N) is 8. The van der Waals surface area contributed by atoms with Crippen LogP contribution in [0.4, 0.5) is 22.7 Å². The van der Waals surface area contributed by atoms with Gasteiger partial charge in [-0.25, -0.2) is 9.98 Å². The van der Waals surface area contributed by atoms with Crippen molar-refractivity contribution in [3.8, 4) is 0 Å². The molecule has 6 aromatic rings. The summed E-state index contributed by atoms with van der Waals surface area (Å²) in [7, 11) is -4.75. The maximum absolute atomic E-state index is 13.1. The standard InChI is InChI=1S/C44H40N12O3S/c57-60(58,59)36-29-17-16-28-35(36)38(50-44-55-41(47-33-24-12-4-13-25-33)52-42(56-44)48-34-26-14-5-15-27-34)37(30-18-6-1-7-19-30)49-43-53-39(45-31-20-8-2-9-21-31)51-40(54-43)46-32-22-10-3-11-23-32/h1-29,39,41,45,47H,(H,57,58,59)(H3,46,49,51,53,54)(H3,48,50,52,55,56). The molecule has 0 bridgehead atoms. The Balaban J connectivity index is 1.25. The fourth-order valence-corrected chi connectivity index (χ4v) is 6.95. The molecule has 0 aliphatic carbocycles. The van der Waals surface area contributed by atoms with E-state index in [0.717, 1.165) is 22.7 Å². The minimum Gasteiger partial charge on any atom is -0.347 e. The molecular formula is C44H40N12O3S. The predicted molar refractivity (Wildman–Crippen MR) is 240 cm³/mol. The van der Waals surface area contributed by atoms with E-state index in [9.17, 15) is 13.0 Å². The second kappa shape index (κ2) is 18.1. The molecule has 0 saturated carbocycles. The van der Waals surface area contributed by atoms with Crippen LogP contribution in [0, 0.1) is 0 Å². The van der Waals surface area contributed by atoms with E-state index in [1.54, 1.807) is 12.1 Å². The van der Waals surface area contributed by atoms with Crippen molar-refractivity contribution in [1.82, 2.24) is 21.3 Å². The van der Waals surface area contributed by atoms with Crippen LogP contribution < -0.4 is 42.5 Å². The molecule has 16 heteroatoms. The number of hydrogen-bond acceptors (Lipinski definition) is 14. The van der Waals surface area contributed by atoms with E-state index >= 15 is 0 Å². The average Bonchev–Trinajstić information content (AvgIpc) is 3.26. The van der Waals surface area contributed by atoms with Gasteiger partial charge in [-0.2, -0.15) is 18.4 Å². The second-order valence-electron chi connectivity index (χ2n) is 13.3. The van der Waals surface area contributed by atoms with Gasteiger partial charge in [0.2, 0.25) is 23.8 Å². The van der Waals surface area contributed by atoms with Crippen molar-refractivity contribution < 1.29 is 13.0 Å². The van der Waals surface area contributed by atoms with Gasteiger partial charge >= 0.3 is 0 Å². The van der Waals surface area contributed by atoms with Crippen LogP contribution in [0.2, 0.25) is 0 Å². The van der Waals surface area contributed by atoms with E-state index in [0.29, 0.717) is 11.3 Å². The summed E-state index contributed by atoms with van der Waals surface area (Å²) in [6.07, 6.45) is -1.43. The van der Waals surface area contributed by atoms with Crippen molar-refractivity contribution in [2.75, 3.05) is 21.3 Å². The van der Waals surface area contributed by atoms with Crippen LogP contribution in [-0.4, -0.2) is 49.4 Å². The molecular weight excluding hydrogens is 777 g/mol. The lowest BCUT2D eigenvalue weighted by Crippen LogP contribution is -2.51. The zero-order valence-corrected chi connectivity index (χ0v) is 32.7. The van der Waals surface area contributed by atoms with E-state index in [1.807, 2.05) is 152 Å². The van der Waals surface area contributed by atoms with Gasteiger partial charge < -0.3 is 42.5 Å². The molecule has 8 rings (SSSR count). The van der Waals surface area contributed by atoms with Gasteiger partial charge in [-0.05, 0) is 54.6 Å². The molecule has 9 N–H and O–H groups in total. The van der Waals surface area contributed by atoms with Crippen molar-refractivity contribution in [3.63, 3.8) is 0 Å². The summed E-state index contributed by atoms with van der Waals surface area (Å²) in [6, 6.07) is 53.6. The van der Waals surface area contributed by atoms with Gasteiger partial charge in [-0.15, -0.1) is 0 Å². The van der Waals surface area contributed by atoms with Crippen LogP contribution >= 0.6 is 0 Å². The molecule has 6 aromatic carbocycles. The zero-order chi connectivity index (χ0) is 41.2.